The number of aldehydes is 1. The van der Waals surface area contributed by atoms with E-state index in [9.17, 15) is 4.79 Å². The topological polar surface area (TPSA) is 17.1 Å². The summed E-state index contributed by atoms with van der Waals surface area (Å²) in [5.41, 5.74) is 0. The molecule has 1 atom stereocenters. The highest BCUT2D eigenvalue weighted by Crippen LogP contribution is 2.13. The van der Waals surface area contributed by atoms with Crippen molar-refractivity contribution in [3.8, 4) is 0 Å². The summed E-state index contributed by atoms with van der Waals surface area (Å²) < 4.78 is 0. The van der Waals surface area contributed by atoms with E-state index in [0.717, 1.165) is 12.7 Å². The maximum atomic E-state index is 9.87. The van der Waals surface area contributed by atoms with Crippen molar-refractivity contribution in [1.29, 1.82) is 0 Å². The Bertz CT molecular complexity index is 114. The Hall–Kier alpha value is -0.590. The van der Waals surface area contributed by atoms with Gasteiger partial charge in [-0.05, 0) is 24.3 Å². The van der Waals surface area contributed by atoms with Crippen LogP contribution in [0.25, 0.3) is 0 Å². The molecule has 0 N–H and O–H groups in total. The summed E-state index contributed by atoms with van der Waals surface area (Å²) >= 11 is 0. The lowest BCUT2D eigenvalue weighted by molar-refractivity contribution is -0.104. The highest BCUT2D eigenvalue weighted by Gasteiger charge is 2.02. The van der Waals surface area contributed by atoms with E-state index in [4.69, 9.17) is 0 Å². The third-order valence-corrected chi connectivity index (χ3v) is 1.86. The third kappa shape index (κ3) is 4.30. The molecule has 0 amide bonds. The average Bonchev–Trinajstić information content (AvgIpc) is 1.88. The summed E-state index contributed by atoms with van der Waals surface area (Å²) in [7, 11) is 0. The number of hydrogen-bond donors (Lipinski definition) is 0. The molecule has 1 heteroatoms. The molecule has 0 aliphatic carbocycles. The Morgan fingerprint density at radius 1 is 1.30 bits per heavy atom. The zero-order valence-corrected chi connectivity index (χ0v) is 7.00. The minimum atomic E-state index is 0.677. The van der Waals surface area contributed by atoms with Gasteiger partial charge in [-0.3, -0.25) is 4.79 Å². The second kappa shape index (κ2) is 5.21. The predicted molar refractivity (Wildman–Crippen MR) is 43.8 cm³/mol. The Labute approximate surface area is 63.1 Å². The molecule has 1 nitrogen and oxygen atoms in total. The van der Waals surface area contributed by atoms with Crippen LogP contribution in [0, 0.1) is 11.8 Å². The third-order valence-electron chi connectivity index (χ3n) is 1.86. The molecule has 1 unspecified atom stereocenters. The number of carbonyl (C=O) groups is 1. The van der Waals surface area contributed by atoms with Crippen LogP contribution in [0.2, 0.25) is 0 Å². The van der Waals surface area contributed by atoms with Crippen LogP contribution >= 0.6 is 0 Å². The van der Waals surface area contributed by atoms with E-state index in [-0.39, 0.29) is 0 Å². The van der Waals surface area contributed by atoms with Gasteiger partial charge in [0.25, 0.3) is 0 Å². The van der Waals surface area contributed by atoms with Gasteiger partial charge in [0.05, 0.1) is 0 Å². The van der Waals surface area contributed by atoms with Crippen molar-refractivity contribution in [2.75, 3.05) is 0 Å². The maximum absolute atomic E-state index is 9.87. The minimum absolute atomic E-state index is 0.677. The molecule has 0 fully saturated rings. The van der Waals surface area contributed by atoms with Crippen molar-refractivity contribution in [1.82, 2.24) is 0 Å². The number of carbonyl (C=O) groups excluding carboxylic acids is 1. The van der Waals surface area contributed by atoms with Gasteiger partial charge in [-0.15, -0.1) is 0 Å². The van der Waals surface area contributed by atoms with Crippen molar-refractivity contribution < 1.29 is 4.79 Å². The van der Waals surface area contributed by atoms with Gasteiger partial charge in [0.2, 0.25) is 0 Å². The second-order valence-electron chi connectivity index (χ2n) is 3.02. The summed E-state index contributed by atoms with van der Waals surface area (Å²) in [5, 5.41) is 0. The van der Waals surface area contributed by atoms with Crippen molar-refractivity contribution in [3.05, 3.63) is 12.2 Å². The molecule has 10 heavy (non-hydrogen) atoms. The van der Waals surface area contributed by atoms with Gasteiger partial charge >= 0.3 is 0 Å². The average molecular weight is 140 g/mol. The molecule has 0 aliphatic rings. The van der Waals surface area contributed by atoms with Crippen molar-refractivity contribution in [3.63, 3.8) is 0 Å². The smallest absolute Gasteiger partial charge is 0.142 e. The quantitative estimate of drug-likeness (QED) is 0.433. The van der Waals surface area contributed by atoms with Gasteiger partial charge in [0.1, 0.15) is 6.29 Å². The van der Waals surface area contributed by atoms with Crippen LogP contribution in [0.3, 0.4) is 0 Å². The fraction of sp³-hybridized carbons (Fsp3) is 0.667. The number of rotatable bonds is 4. The highest BCUT2D eigenvalue weighted by atomic mass is 16.1. The molecular formula is C9H16O. The SMILES string of the molecule is CC(C)C(C)CC=CC=O. The monoisotopic (exact) mass is 140 g/mol. The van der Waals surface area contributed by atoms with Crippen LogP contribution in [-0.4, -0.2) is 6.29 Å². The highest BCUT2D eigenvalue weighted by molar-refractivity contribution is 5.64. The van der Waals surface area contributed by atoms with Gasteiger partial charge in [-0.25, -0.2) is 0 Å². The van der Waals surface area contributed by atoms with Crippen LogP contribution in [-0.2, 0) is 4.79 Å². The van der Waals surface area contributed by atoms with E-state index in [1.165, 1.54) is 0 Å². The summed E-state index contributed by atoms with van der Waals surface area (Å²) in [6.45, 7) is 6.58. The molecule has 0 saturated carbocycles. The Morgan fingerprint density at radius 2 is 1.90 bits per heavy atom. The molecule has 0 aromatic carbocycles. The van der Waals surface area contributed by atoms with Gasteiger partial charge in [0.15, 0.2) is 0 Å². The molecule has 0 radical (unpaired) electrons. The lowest BCUT2D eigenvalue weighted by Gasteiger charge is -2.11. The molecule has 0 saturated heterocycles. The summed E-state index contributed by atoms with van der Waals surface area (Å²) in [6, 6.07) is 0. The van der Waals surface area contributed by atoms with Crippen LogP contribution in [0.15, 0.2) is 12.2 Å². The molecule has 0 aromatic heterocycles. The fourth-order valence-corrected chi connectivity index (χ4v) is 0.621. The first-order valence-electron chi connectivity index (χ1n) is 3.78. The Morgan fingerprint density at radius 3 is 2.30 bits per heavy atom. The molecule has 0 aromatic rings. The van der Waals surface area contributed by atoms with Crippen molar-refractivity contribution >= 4 is 6.29 Å². The van der Waals surface area contributed by atoms with E-state index >= 15 is 0 Å². The Kier molecular flexibility index (Phi) is 4.91. The van der Waals surface area contributed by atoms with Gasteiger partial charge in [0, 0.05) is 0 Å². The molecule has 0 heterocycles. The molecule has 0 bridgehead atoms. The van der Waals surface area contributed by atoms with E-state index in [1.54, 1.807) is 6.08 Å². The number of hydrogen-bond acceptors (Lipinski definition) is 1. The lowest BCUT2D eigenvalue weighted by Crippen LogP contribution is -2.01. The first kappa shape index (κ1) is 9.41. The molecule has 0 aliphatic heterocycles. The molecule has 0 rings (SSSR count). The summed E-state index contributed by atoms with van der Waals surface area (Å²) in [6.07, 6.45) is 5.33. The van der Waals surface area contributed by atoms with Gasteiger partial charge in [-0.2, -0.15) is 0 Å². The largest absolute Gasteiger partial charge is 0.299 e. The summed E-state index contributed by atoms with van der Waals surface area (Å²) in [5.74, 6) is 1.38. The van der Waals surface area contributed by atoms with E-state index in [2.05, 4.69) is 20.8 Å². The predicted octanol–water partition coefficient (Wildman–Crippen LogP) is 2.42. The zero-order chi connectivity index (χ0) is 7.98. The van der Waals surface area contributed by atoms with E-state index in [1.807, 2.05) is 6.08 Å². The lowest BCUT2D eigenvalue weighted by atomic mass is 9.95. The number of allylic oxidation sites excluding steroid dienone is 2. The fourth-order valence-electron chi connectivity index (χ4n) is 0.621. The zero-order valence-electron chi connectivity index (χ0n) is 7.00. The normalized spacial score (nSPS) is 14.4. The first-order chi connectivity index (χ1) is 4.68. The first-order valence-corrected chi connectivity index (χ1v) is 3.78. The second-order valence-corrected chi connectivity index (χ2v) is 3.02. The molecule has 0 spiro atoms. The van der Waals surface area contributed by atoms with Crippen LogP contribution in [0.5, 0.6) is 0 Å². The van der Waals surface area contributed by atoms with E-state index < -0.39 is 0 Å². The van der Waals surface area contributed by atoms with Crippen LogP contribution in [0.1, 0.15) is 27.2 Å². The summed E-state index contributed by atoms with van der Waals surface area (Å²) in [4.78, 5) is 9.87. The van der Waals surface area contributed by atoms with Crippen LogP contribution in [0.4, 0.5) is 0 Å². The molecular weight excluding hydrogens is 124 g/mol. The van der Waals surface area contributed by atoms with Gasteiger partial charge < -0.3 is 0 Å². The standard InChI is InChI=1S/C9H16O/c1-8(2)9(3)6-4-5-7-10/h4-5,7-9H,6H2,1-3H3. The van der Waals surface area contributed by atoms with Crippen LogP contribution < -0.4 is 0 Å². The maximum Gasteiger partial charge on any atom is 0.142 e. The van der Waals surface area contributed by atoms with Gasteiger partial charge in [-0.1, -0.05) is 26.8 Å². The van der Waals surface area contributed by atoms with Crippen molar-refractivity contribution in [2.24, 2.45) is 11.8 Å². The molecule has 58 valence electrons. The Balaban J connectivity index is 3.48. The minimum Gasteiger partial charge on any atom is -0.299 e. The van der Waals surface area contributed by atoms with E-state index in [0.29, 0.717) is 11.8 Å². The van der Waals surface area contributed by atoms with Crippen molar-refractivity contribution in [2.45, 2.75) is 27.2 Å².